The lowest BCUT2D eigenvalue weighted by atomic mass is 10.2. The lowest BCUT2D eigenvalue weighted by Gasteiger charge is -2.36. The molecule has 0 atom stereocenters. The van der Waals surface area contributed by atoms with Gasteiger partial charge in [-0.3, -0.25) is 4.79 Å². The second-order valence-electron chi connectivity index (χ2n) is 7.33. The molecule has 1 N–H and O–H groups in total. The second kappa shape index (κ2) is 8.31. The number of nitrogens with zero attached hydrogens (tertiary/aromatic N) is 4. The van der Waals surface area contributed by atoms with Gasteiger partial charge in [-0.25, -0.2) is 9.97 Å². The number of anilines is 3. The van der Waals surface area contributed by atoms with Gasteiger partial charge in [-0.1, -0.05) is 30.3 Å². The Morgan fingerprint density at radius 1 is 0.862 bits per heavy atom. The highest BCUT2D eigenvalue weighted by Gasteiger charge is 2.21. The van der Waals surface area contributed by atoms with Crippen LogP contribution < -0.4 is 15.1 Å². The van der Waals surface area contributed by atoms with Gasteiger partial charge in [-0.2, -0.15) is 0 Å². The minimum absolute atomic E-state index is 0.221. The van der Waals surface area contributed by atoms with Gasteiger partial charge in [0.1, 0.15) is 5.69 Å². The third-order valence-electron chi connectivity index (χ3n) is 5.04. The number of carbonyl (C=O) groups excluding carboxylic acids is 1. The molecule has 0 unspecified atom stereocenters. The van der Waals surface area contributed by atoms with E-state index in [1.165, 1.54) is 11.3 Å². The standard InChI is InChI=1S/C23H25N5O/c1-17-7-6-10-20(15-17)27-11-13-28(14-12-27)23-24-18(2)16-21(26-23)22(29)25-19-8-4-3-5-9-19/h3-10,15-16H,11-14H2,1-2H3,(H,25,29). The summed E-state index contributed by atoms with van der Waals surface area (Å²) in [6.07, 6.45) is 0. The molecule has 4 rings (SSSR count). The van der Waals surface area contributed by atoms with Gasteiger partial charge in [-0.15, -0.1) is 0 Å². The average molecular weight is 387 g/mol. The minimum atomic E-state index is -0.221. The predicted molar refractivity (Wildman–Crippen MR) is 117 cm³/mol. The summed E-state index contributed by atoms with van der Waals surface area (Å²) in [7, 11) is 0. The maximum Gasteiger partial charge on any atom is 0.274 e. The minimum Gasteiger partial charge on any atom is -0.368 e. The van der Waals surface area contributed by atoms with E-state index in [9.17, 15) is 4.79 Å². The molecule has 1 aliphatic rings. The predicted octanol–water partition coefficient (Wildman–Crippen LogP) is 3.67. The molecule has 148 valence electrons. The summed E-state index contributed by atoms with van der Waals surface area (Å²) < 4.78 is 0. The summed E-state index contributed by atoms with van der Waals surface area (Å²) in [6, 6.07) is 19.7. The fraction of sp³-hybridized carbons (Fsp3) is 0.261. The van der Waals surface area contributed by atoms with Gasteiger partial charge in [0, 0.05) is 43.2 Å². The molecule has 1 fully saturated rings. The Morgan fingerprint density at radius 3 is 2.31 bits per heavy atom. The number of amides is 1. The molecule has 0 saturated carbocycles. The molecule has 1 aliphatic heterocycles. The van der Waals surface area contributed by atoms with Crippen molar-refractivity contribution in [3.63, 3.8) is 0 Å². The quantitative estimate of drug-likeness (QED) is 0.740. The first kappa shape index (κ1) is 18.9. The van der Waals surface area contributed by atoms with Gasteiger partial charge in [0.05, 0.1) is 0 Å². The molecular formula is C23H25N5O. The van der Waals surface area contributed by atoms with Crippen LogP contribution in [0.1, 0.15) is 21.7 Å². The van der Waals surface area contributed by atoms with Crippen molar-refractivity contribution in [3.05, 3.63) is 77.6 Å². The van der Waals surface area contributed by atoms with Crippen LogP contribution in [0.3, 0.4) is 0 Å². The zero-order valence-corrected chi connectivity index (χ0v) is 16.8. The Bertz CT molecular complexity index is 997. The third-order valence-corrected chi connectivity index (χ3v) is 5.04. The summed E-state index contributed by atoms with van der Waals surface area (Å²) in [5, 5.41) is 2.89. The van der Waals surface area contributed by atoms with E-state index in [4.69, 9.17) is 0 Å². The Labute approximate surface area is 171 Å². The number of rotatable bonds is 4. The van der Waals surface area contributed by atoms with Crippen molar-refractivity contribution in [2.24, 2.45) is 0 Å². The lowest BCUT2D eigenvalue weighted by molar-refractivity contribution is 0.102. The molecule has 29 heavy (non-hydrogen) atoms. The Kier molecular flexibility index (Phi) is 5.42. The summed E-state index contributed by atoms with van der Waals surface area (Å²) in [5.74, 6) is 0.397. The summed E-state index contributed by atoms with van der Waals surface area (Å²) in [4.78, 5) is 26.3. The highest BCUT2D eigenvalue weighted by molar-refractivity contribution is 6.03. The Balaban J connectivity index is 1.46. The van der Waals surface area contributed by atoms with Crippen molar-refractivity contribution >= 4 is 23.2 Å². The number of aromatic nitrogens is 2. The summed E-state index contributed by atoms with van der Waals surface area (Å²) >= 11 is 0. The van der Waals surface area contributed by atoms with Crippen molar-refractivity contribution in [1.82, 2.24) is 9.97 Å². The number of aryl methyl sites for hydroxylation is 2. The number of para-hydroxylation sites is 1. The van der Waals surface area contributed by atoms with Gasteiger partial charge in [-0.05, 0) is 49.7 Å². The van der Waals surface area contributed by atoms with Crippen LogP contribution in [0, 0.1) is 13.8 Å². The molecule has 2 aromatic carbocycles. The monoisotopic (exact) mass is 387 g/mol. The second-order valence-corrected chi connectivity index (χ2v) is 7.33. The molecular weight excluding hydrogens is 362 g/mol. The highest BCUT2D eigenvalue weighted by Crippen LogP contribution is 2.20. The van der Waals surface area contributed by atoms with E-state index in [0.717, 1.165) is 37.6 Å². The summed E-state index contributed by atoms with van der Waals surface area (Å²) in [5.41, 5.74) is 4.44. The van der Waals surface area contributed by atoms with Crippen molar-refractivity contribution in [1.29, 1.82) is 0 Å². The Morgan fingerprint density at radius 2 is 1.59 bits per heavy atom. The molecule has 1 saturated heterocycles. The molecule has 1 aromatic heterocycles. The molecule has 6 nitrogen and oxygen atoms in total. The van der Waals surface area contributed by atoms with Crippen LogP contribution in [0.4, 0.5) is 17.3 Å². The average Bonchev–Trinajstić information content (AvgIpc) is 2.74. The molecule has 2 heterocycles. The fourth-order valence-corrected chi connectivity index (χ4v) is 3.52. The normalized spacial score (nSPS) is 14.0. The van der Waals surface area contributed by atoms with Crippen molar-refractivity contribution in [2.75, 3.05) is 41.3 Å². The molecule has 3 aromatic rings. The first-order chi connectivity index (χ1) is 14.1. The third kappa shape index (κ3) is 4.54. The van der Waals surface area contributed by atoms with Gasteiger partial charge in [0.15, 0.2) is 0 Å². The lowest BCUT2D eigenvalue weighted by Crippen LogP contribution is -2.47. The molecule has 0 spiro atoms. The smallest absolute Gasteiger partial charge is 0.274 e. The number of hydrogen-bond acceptors (Lipinski definition) is 5. The molecule has 6 heteroatoms. The van der Waals surface area contributed by atoms with Gasteiger partial charge < -0.3 is 15.1 Å². The number of benzene rings is 2. The van der Waals surface area contributed by atoms with Crippen LogP contribution in [-0.2, 0) is 0 Å². The van der Waals surface area contributed by atoms with E-state index in [0.29, 0.717) is 11.6 Å². The first-order valence-corrected chi connectivity index (χ1v) is 9.87. The van der Waals surface area contributed by atoms with Crippen LogP contribution in [0.15, 0.2) is 60.7 Å². The molecule has 1 amide bonds. The number of piperazine rings is 1. The Hall–Kier alpha value is -3.41. The van der Waals surface area contributed by atoms with Crippen molar-refractivity contribution in [3.8, 4) is 0 Å². The summed E-state index contributed by atoms with van der Waals surface area (Å²) in [6.45, 7) is 7.43. The van der Waals surface area contributed by atoms with Gasteiger partial charge >= 0.3 is 0 Å². The van der Waals surface area contributed by atoms with Crippen LogP contribution in [0.2, 0.25) is 0 Å². The van der Waals surface area contributed by atoms with Gasteiger partial charge in [0.25, 0.3) is 5.91 Å². The SMILES string of the molecule is Cc1cccc(N2CCN(c3nc(C)cc(C(=O)Nc4ccccc4)n3)CC2)c1. The zero-order valence-electron chi connectivity index (χ0n) is 16.8. The maximum atomic E-state index is 12.6. The highest BCUT2D eigenvalue weighted by atomic mass is 16.1. The van der Waals surface area contributed by atoms with Crippen LogP contribution in [0.25, 0.3) is 0 Å². The molecule has 0 radical (unpaired) electrons. The molecule has 0 bridgehead atoms. The van der Waals surface area contributed by atoms with E-state index in [1.54, 1.807) is 6.07 Å². The maximum absolute atomic E-state index is 12.6. The fourth-order valence-electron chi connectivity index (χ4n) is 3.52. The van der Waals surface area contributed by atoms with Crippen molar-refractivity contribution < 1.29 is 4.79 Å². The van der Waals surface area contributed by atoms with E-state index in [-0.39, 0.29) is 5.91 Å². The van der Waals surface area contributed by atoms with E-state index in [2.05, 4.69) is 56.3 Å². The van der Waals surface area contributed by atoms with Crippen LogP contribution in [0.5, 0.6) is 0 Å². The number of carbonyl (C=O) groups is 1. The van der Waals surface area contributed by atoms with Crippen LogP contribution >= 0.6 is 0 Å². The molecule has 0 aliphatic carbocycles. The van der Waals surface area contributed by atoms with E-state index < -0.39 is 0 Å². The number of nitrogens with one attached hydrogen (secondary N) is 1. The number of hydrogen-bond donors (Lipinski definition) is 1. The zero-order chi connectivity index (χ0) is 20.2. The largest absolute Gasteiger partial charge is 0.368 e. The van der Waals surface area contributed by atoms with Gasteiger partial charge in [0.2, 0.25) is 5.95 Å². The van der Waals surface area contributed by atoms with Crippen LogP contribution in [-0.4, -0.2) is 42.1 Å². The topological polar surface area (TPSA) is 61.4 Å². The van der Waals surface area contributed by atoms with E-state index >= 15 is 0 Å². The first-order valence-electron chi connectivity index (χ1n) is 9.87. The van der Waals surface area contributed by atoms with Crippen molar-refractivity contribution in [2.45, 2.75) is 13.8 Å². The van der Waals surface area contributed by atoms with E-state index in [1.807, 2.05) is 37.3 Å².